The first kappa shape index (κ1) is 22.0. The Balaban J connectivity index is 1.55. The van der Waals surface area contributed by atoms with Crippen molar-refractivity contribution in [1.29, 1.82) is 0 Å². The molecule has 2 aromatic carbocycles. The van der Waals surface area contributed by atoms with Crippen LogP contribution in [0.5, 0.6) is 11.5 Å². The molecule has 7 heteroatoms. The van der Waals surface area contributed by atoms with Crippen LogP contribution < -0.4 is 19.7 Å². The first-order chi connectivity index (χ1) is 14.6. The van der Waals surface area contributed by atoms with Gasteiger partial charge in [0, 0.05) is 31.4 Å². The molecule has 0 radical (unpaired) electrons. The number of amides is 1. The van der Waals surface area contributed by atoms with E-state index in [0.717, 1.165) is 37.4 Å². The Labute approximate surface area is 182 Å². The average molecular weight is 431 g/mol. The molecular weight excluding hydrogens is 404 g/mol. The van der Waals surface area contributed by atoms with E-state index in [1.54, 1.807) is 25.3 Å². The van der Waals surface area contributed by atoms with Crippen LogP contribution in [-0.4, -0.2) is 45.9 Å². The zero-order valence-corrected chi connectivity index (χ0v) is 18.1. The van der Waals surface area contributed by atoms with E-state index in [0.29, 0.717) is 29.7 Å². The number of carbonyl (C=O) groups excluding carboxylic acids is 1. The van der Waals surface area contributed by atoms with Gasteiger partial charge in [-0.1, -0.05) is 23.7 Å². The van der Waals surface area contributed by atoms with Crippen molar-refractivity contribution in [3.63, 3.8) is 0 Å². The summed E-state index contributed by atoms with van der Waals surface area (Å²) in [4.78, 5) is 14.5. The Bertz CT molecular complexity index is 878. The Morgan fingerprint density at radius 1 is 1.23 bits per heavy atom. The van der Waals surface area contributed by atoms with Crippen molar-refractivity contribution < 1.29 is 19.0 Å². The number of carbonyl (C=O) groups is 1. The van der Waals surface area contributed by atoms with Crippen LogP contribution in [0.25, 0.3) is 6.08 Å². The van der Waals surface area contributed by atoms with Gasteiger partial charge in [0.05, 0.1) is 32.0 Å². The Kier molecular flexibility index (Phi) is 7.99. The zero-order chi connectivity index (χ0) is 21.3. The fraction of sp³-hybridized carbons (Fsp3) is 0.348. The quantitative estimate of drug-likeness (QED) is 0.643. The second-order valence-corrected chi connectivity index (χ2v) is 7.19. The molecule has 1 aliphatic heterocycles. The first-order valence-electron chi connectivity index (χ1n) is 9.98. The van der Waals surface area contributed by atoms with Crippen LogP contribution in [0.2, 0.25) is 5.02 Å². The predicted octanol–water partition coefficient (Wildman–Crippen LogP) is 3.91. The van der Waals surface area contributed by atoms with Gasteiger partial charge < -0.3 is 24.4 Å². The molecule has 1 saturated heterocycles. The summed E-state index contributed by atoms with van der Waals surface area (Å²) in [6.45, 7) is 6.15. The van der Waals surface area contributed by atoms with Crippen LogP contribution in [0.15, 0.2) is 42.5 Å². The second kappa shape index (κ2) is 10.9. The van der Waals surface area contributed by atoms with E-state index >= 15 is 0 Å². The average Bonchev–Trinajstić information content (AvgIpc) is 2.78. The number of morpholine rings is 1. The fourth-order valence-corrected chi connectivity index (χ4v) is 3.46. The lowest BCUT2D eigenvalue weighted by Crippen LogP contribution is -2.36. The van der Waals surface area contributed by atoms with Crippen LogP contribution in [0.4, 0.5) is 5.69 Å². The van der Waals surface area contributed by atoms with E-state index in [1.807, 2.05) is 19.1 Å². The third kappa shape index (κ3) is 5.90. The monoisotopic (exact) mass is 430 g/mol. The molecule has 1 fully saturated rings. The molecule has 1 aliphatic rings. The largest absolute Gasteiger partial charge is 0.493 e. The number of anilines is 1. The van der Waals surface area contributed by atoms with Gasteiger partial charge in [-0.3, -0.25) is 4.79 Å². The Morgan fingerprint density at radius 3 is 2.63 bits per heavy atom. The molecule has 1 heterocycles. The Morgan fingerprint density at radius 2 is 1.97 bits per heavy atom. The summed E-state index contributed by atoms with van der Waals surface area (Å²) >= 11 is 6.27. The first-order valence-corrected chi connectivity index (χ1v) is 10.4. The standard InChI is InChI=1S/C23H27ClN2O4/c1-3-30-23-20(24)14-18(15-21(23)28-2)6-9-22(27)25-16-17-4-7-19(8-5-17)26-10-12-29-13-11-26/h4-9,14-15H,3,10-13,16H2,1-2H3,(H,25,27). The number of benzene rings is 2. The molecule has 30 heavy (non-hydrogen) atoms. The molecular formula is C23H27ClN2O4. The molecule has 1 N–H and O–H groups in total. The molecule has 0 bridgehead atoms. The summed E-state index contributed by atoms with van der Waals surface area (Å²) in [6, 6.07) is 11.7. The van der Waals surface area contributed by atoms with Crippen LogP contribution >= 0.6 is 11.6 Å². The van der Waals surface area contributed by atoms with Gasteiger partial charge in [-0.05, 0) is 48.4 Å². The number of nitrogens with zero attached hydrogens (tertiary/aromatic N) is 1. The molecule has 0 spiro atoms. The maximum absolute atomic E-state index is 12.2. The minimum absolute atomic E-state index is 0.184. The summed E-state index contributed by atoms with van der Waals surface area (Å²) in [5, 5.41) is 3.34. The van der Waals surface area contributed by atoms with E-state index in [9.17, 15) is 4.79 Å². The number of ether oxygens (including phenoxy) is 3. The molecule has 0 aromatic heterocycles. The van der Waals surface area contributed by atoms with Gasteiger partial charge in [-0.25, -0.2) is 0 Å². The second-order valence-electron chi connectivity index (χ2n) is 6.78. The van der Waals surface area contributed by atoms with Crippen molar-refractivity contribution in [3.8, 4) is 11.5 Å². The molecule has 160 valence electrons. The predicted molar refractivity (Wildman–Crippen MR) is 120 cm³/mol. The summed E-state index contributed by atoms with van der Waals surface area (Å²) in [5.74, 6) is 0.852. The van der Waals surface area contributed by atoms with Gasteiger partial charge in [0.15, 0.2) is 11.5 Å². The molecule has 1 amide bonds. The van der Waals surface area contributed by atoms with Crippen molar-refractivity contribution in [3.05, 3.63) is 58.6 Å². The van der Waals surface area contributed by atoms with Crippen LogP contribution in [-0.2, 0) is 16.1 Å². The third-order valence-electron chi connectivity index (χ3n) is 4.75. The molecule has 0 unspecified atom stereocenters. The van der Waals surface area contributed by atoms with Crippen LogP contribution in [0.3, 0.4) is 0 Å². The van der Waals surface area contributed by atoms with E-state index < -0.39 is 0 Å². The maximum atomic E-state index is 12.2. The molecule has 2 aromatic rings. The Hall–Kier alpha value is -2.70. The molecule has 6 nitrogen and oxygen atoms in total. The van der Waals surface area contributed by atoms with Gasteiger partial charge in [-0.15, -0.1) is 0 Å². The highest BCUT2D eigenvalue weighted by atomic mass is 35.5. The SMILES string of the molecule is CCOc1c(Cl)cc(C=CC(=O)NCc2ccc(N3CCOCC3)cc2)cc1OC. The highest BCUT2D eigenvalue weighted by Crippen LogP contribution is 2.36. The van der Waals surface area contributed by atoms with Crippen LogP contribution in [0.1, 0.15) is 18.1 Å². The zero-order valence-electron chi connectivity index (χ0n) is 17.3. The van der Waals surface area contributed by atoms with E-state index in [-0.39, 0.29) is 5.91 Å². The van der Waals surface area contributed by atoms with E-state index in [2.05, 4.69) is 22.3 Å². The minimum atomic E-state index is -0.184. The van der Waals surface area contributed by atoms with Crippen molar-refractivity contribution in [2.75, 3.05) is 44.9 Å². The number of hydrogen-bond donors (Lipinski definition) is 1. The maximum Gasteiger partial charge on any atom is 0.244 e. The summed E-state index contributed by atoms with van der Waals surface area (Å²) in [5.41, 5.74) is 2.97. The van der Waals surface area contributed by atoms with Gasteiger partial charge in [0.25, 0.3) is 0 Å². The summed E-state index contributed by atoms with van der Waals surface area (Å²) < 4.78 is 16.2. The van der Waals surface area contributed by atoms with Gasteiger partial charge in [-0.2, -0.15) is 0 Å². The highest BCUT2D eigenvalue weighted by molar-refractivity contribution is 6.32. The number of nitrogens with one attached hydrogen (secondary N) is 1. The normalized spacial score (nSPS) is 14.0. The van der Waals surface area contributed by atoms with Gasteiger partial charge >= 0.3 is 0 Å². The lowest BCUT2D eigenvalue weighted by atomic mass is 10.1. The highest BCUT2D eigenvalue weighted by Gasteiger charge is 2.12. The molecule has 0 atom stereocenters. The smallest absolute Gasteiger partial charge is 0.244 e. The van der Waals surface area contributed by atoms with Crippen molar-refractivity contribution >= 4 is 29.3 Å². The van der Waals surface area contributed by atoms with E-state index in [1.165, 1.54) is 11.8 Å². The van der Waals surface area contributed by atoms with Crippen LogP contribution in [0, 0.1) is 0 Å². The molecule has 0 aliphatic carbocycles. The van der Waals surface area contributed by atoms with Crippen molar-refractivity contribution in [2.45, 2.75) is 13.5 Å². The lowest BCUT2D eigenvalue weighted by Gasteiger charge is -2.28. The third-order valence-corrected chi connectivity index (χ3v) is 5.03. The number of methoxy groups -OCH3 is 1. The summed E-state index contributed by atoms with van der Waals surface area (Å²) in [7, 11) is 1.55. The van der Waals surface area contributed by atoms with E-state index in [4.69, 9.17) is 25.8 Å². The van der Waals surface area contributed by atoms with Gasteiger partial charge in [0.1, 0.15) is 0 Å². The number of hydrogen-bond acceptors (Lipinski definition) is 5. The minimum Gasteiger partial charge on any atom is -0.493 e. The summed E-state index contributed by atoms with van der Waals surface area (Å²) in [6.07, 6.45) is 3.18. The number of halogens is 1. The number of rotatable bonds is 8. The molecule has 3 rings (SSSR count). The topological polar surface area (TPSA) is 60.0 Å². The lowest BCUT2D eigenvalue weighted by molar-refractivity contribution is -0.116. The van der Waals surface area contributed by atoms with Crippen molar-refractivity contribution in [2.24, 2.45) is 0 Å². The fourth-order valence-electron chi connectivity index (χ4n) is 3.19. The van der Waals surface area contributed by atoms with Gasteiger partial charge in [0.2, 0.25) is 5.91 Å². The van der Waals surface area contributed by atoms with Crippen molar-refractivity contribution in [1.82, 2.24) is 5.32 Å². The molecule has 0 saturated carbocycles.